The van der Waals surface area contributed by atoms with Crippen molar-refractivity contribution in [3.05, 3.63) is 70.0 Å². The summed E-state index contributed by atoms with van der Waals surface area (Å²) < 4.78 is 39.2. The number of hydrogen-bond acceptors (Lipinski definition) is 4. The molecule has 0 amide bonds. The van der Waals surface area contributed by atoms with Crippen molar-refractivity contribution in [2.75, 3.05) is 6.26 Å². The highest BCUT2D eigenvalue weighted by Gasteiger charge is 2.30. The first-order valence-corrected chi connectivity index (χ1v) is 8.93. The summed E-state index contributed by atoms with van der Waals surface area (Å²) in [4.78, 5) is 19.0. The lowest BCUT2D eigenvalue weighted by molar-refractivity contribution is -0.137. The zero-order valence-corrected chi connectivity index (χ0v) is 14.8. The molecule has 0 spiro atoms. The predicted octanol–water partition coefficient (Wildman–Crippen LogP) is 4.72. The van der Waals surface area contributed by atoms with Crippen LogP contribution in [0.4, 0.5) is 13.2 Å². The number of alkyl halides is 3. The highest BCUT2D eigenvalue weighted by Crippen LogP contribution is 2.36. The second-order valence-corrected chi connectivity index (χ2v) is 6.33. The monoisotopic (exact) mass is 387 g/mol. The van der Waals surface area contributed by atoms with Gasteiger partial charge in [-0.25, -0.2) is 4.98 Å². The Labute approximate surface area is 156 Å². The van der Waals surface area contributed by atoms with Crippen LogP contribution >= 0.6 is 11.8 Å². The van der Waals surface area contributed by atoms with Gasteiger partial charge in [0.2, 0.25) is 0 Å². The van der Waals surface area contributed by atoms with Crippen molar-refractivity contribution in [2.45, 2.75) is 11.3 Å². The zero-order valence-electron chi connectivity index (χ0n) is 14.0. The van der Waals surface area contributed by atoms with Crippen molar-refractivity contribution in [1.82, 2.24) is 9.97 Å². The summed E-state index contributed by atoms with van der Waals surface area (Å²) in [6.07, 6.45) is -2.76. The van der Waals surface area contributed by atoms with E-state index in [1.807, 2.05) is 6.07 Å². The van der Waals surface area contributed by atoms with Gasteiger partial charge in [-0.3, -0.25) is 4.79 Å². The van der Waals surface area contributed by atoms with Gasteiger partial charge in [-0.1, -0.05) is 48.2 Å². The Morgan fingerprint density at radius 1 is 1.11 bits per heavy atom. The van der Waals surface area contributed by atoms with E-state index in [4.69, 9.17) is 0 Å². The van der Waals surface area contributed by atoms with Gasteiger partial charge in [0.25, 0.3) is 5.56 Å². The van der Waals surface area contributed by atoms with E-state index in [1.165, 1.54) is 17.8 Å². The second kappa shape index (κ2) is 7.29. The van der Waals surface area contributed by atoms with Crippen LogP contribution in [0.5, 0.6) is 0 Å². The van der Waals surface area contributed by atoms with E-state index in [2.05, 4.69) is 9.97 Å². The Kier molecular flexibility index (Phi) is 5.06. The highest BCUT2D eigenvalue weighted by atomic mass is 32.2. The fourth-order valence-electron chi connectivity index (χ4n) is 2.65. The number of benzene rings is 2. The molecule has 0 saturated heterocycles. The maximum atomic E-state index is 13.1. The summed E-state index contributed by atoms with van der Waals surface area (Å²) in [6, 6.07) is 13.3. The molecule has 0 aliphatic heterocycles. The van der Waals surface area contributed by atoms with E-state index in [1.54, 1.807) is 36.6 Å². The molecule has 0 bridgehead atoms. The van der Waals surface area contributed by atoms with Crippen molar-refractivity contribution in [3.63, 3.8) is 0 Å². The number of H-pyrrole nitrogens is 1. The van der Waals surface area contributed by atoms with E-state index < -0.39 is 17.3 Å². The molecule has 27 heavy (non-hydrogen) atoms. The molecule has 4 nitrogen and oxygen atoms in total. The van der Waals surface area contributed by atoms with Gasteiger partial charge in [0.05, 0.1) is 11.3 Å². The van der Waals surface area contributed by atoms with Gasteiger partial charge in [0.15, 0.2) is 5.16 Å². The van der Waals surface area contributed by atoms with Crippen LogP contribution in [0.3, 0.4) is 0 Å². The largest absolute Gasteiger partial charge is 0.416 e. The maximum absolute atomic E-state index is 13.1. The topological polar surface area (TPSA) is 69.5 Å². The average molecular weight is 387 g/mol. The molecular weight excluding hydrogens is 375 g/mol. The number of nitrogens with zero attached hydrogens (tertiary/aromatic N) is 2. The lowest BCUT2D eigenvalue weighted by atomic mass is 9.94. The van der Waals surface area contributed by atoms with Gasteiger partial charge in [0.1, 0.15) is 11.6 Å². The van der Waals surface area contributed by atoms with Crippen molar-refractivity contribution < 1.29 is 13.2 Å². The summed E-state index contributed by atoms with van der Waals surface area (Å²) in [7, 11) is 0. The fraction of sp³-hybridized carbons (Fsp3) is 0.105. The predicted molar refractivity (Wildman–Crippen MR) is 97.2 cm³/mol. The van der Waals surface area contributed by atoms with E-state index in [0.717, 1.165) is 12.1 Å². The number of nitriles is 1. The number of aromatic amines is 1. The molecule has 3 aromatic rings. The van der Waals surface area contributed by atoms with Gasteiger partial charge < -0.3 is 4.98 Å². The van der Waals surface area contributed by atoms with Gasteiger partial charge in [-0.15, -0.1) is 0 Å². The smallest absolute Gasteiger partial charge is 0.300 e. The quantitative estimate of drug-likeness (QED) is 0.522. The van der Waals surface area contributed by atoms with Gasteiger partial charge in [-0.05, 0) is 29.5 Å². The summed E-state index contributed by atoms with van der Waals surface area (Å²) in [5.41, 5.74) is -0.243. The molecule has 8 heteroatoms. The maximum Gasteiger partial charge on any atom is 0.416 e. The molecular formula is C19H12F3N3OS. The third kappa shape index (κ3) is 3.73. The van der Waals surface area contributed by atoms with Crippen LogP contribution in [0.15, 0.2) is 58.5 Å². The average Bonchev–Trinajstić information content (AvgIpc) is 2.66. The molecule has 1 N–H and O–H groups in total. The Balaban J connectivity index is 2.28. The second-order valence-electron chi connectivity index (χ2n) is 5.53. The van der Waals surface area contributed by atoms with E-state index in [-0.39, 0.29) is 11.3 Å². The van der Waals surface area contributed by atoms with Gasteiger partial charge in [-0.2, -0.15) is 18.4 Å². The highest BCUT2D eigenvalue weighted by molar-refractivity contribution is 7.98. The van der Waals surface area contributed by atoms with Crippen molar-refractivity contribution in [1.29, 1.82) is 5.26 Å². The minimum absolute atomic E-state index is 0.138. The van der Waals surface area contributed by atoms with Crippen LogP contribution in [0.2, 0.25) is 0 Å². The van der Waals surface area contributed by atoms with Gasteiger partial charge in [0, 0.05) is 5.56 Å². The Bertz CT molecular complexity index is 1100. The summed E-state index contributed by atoms with van der Waals surface area (Å²) in [5.74, 6) is 0. The third-order valence-corrected chi connectivity index (χ3v) is 4.47. The molecule has 0 atom stereocenters. The molecule has 0 fully saturated rings. The molecule has 0 aliphatic rings. The van der Waals surface area contributed by atoms with Crippen LogP contribution in [0.1, 0.15) is 11.1 Å². The first-order valence-electron chi connectivity index (χ1n) is 7.70. The number of hydrogen-bond donors (Lipinski definition) is 1. The van der Waals surface area contributed by atoms with E-state index in [9.17, 15) is 23.2 Å². The SMILES string of the molecule is CSc1nc(-c2ccccc2-c2cccc(C(F)(F)F)c2)c(C#N)c(=O)[nH]1. The minimum Gasteiger partial charge on any atom is -0.300 e. The normalized spacial score (nSPS) is 11.2. The fourth-order valence-corrected chi connectivity index (χ4v) is 3.03. The summed E-state index contributed by atoms with van der Waals surface area (Å²) in [6.45, 7) is 0. The van der Waals surface area contributed by atoms with Crippen LogP contribution in [0, 0.1) is 11.3 Å². The lowest BCUT2D eigenvalue weighted by Crippen LogP contribution is -2.14. The first-order chi connectivity index (χ1) is 12.8. The van der Waals surface area contributed by atoms with E-state index in [0.29, 0.717) is 21.8 Å². The zero-order chi connectivity index (χ0) is 19.6. The first kappa shape index (κ1) is 18.7. The molecule has 136 valence electrons. The van der Waals surface area contributed by atoms with Crippen LogP contribution < -0.4 is 5.56 Å². The Morgan fingerprint density at radius 3 is 2.44 bits per heavy atom. The Morgan fingerprint density at radius 2 is 1.81 bits per heavy atom. The molecule has 1 heterocycles. The molecule has 0 radical (unpaired) electrons. The third-order valence-electron chi connectivity index (χ3n) is 3.89. The standard InChI is InChI=1S/C19H12F3N3OS/c1-27-18-24-16(15(10-23)17(26)25-18)14-8-3-2-7-13(14)11-5-4-6-12(9-11)19(20,21)22/h2-9H,1H3,(H,24,25,26). The molecule has 0 unspecified atom stereocenters. The van der Waals surface area contributed by atoms with Crippen LogP contribution in [0.25, 0.3) is 22.4 Å². The number of aromatic nitrogens is 2. The van der Waals surface area contributed by atoms with Crippen molar-refractivity contribution >= 4 is 11.8 Å². The molecule has 2 aromatic carbocycles. The number of halogens is 3. The lowest BCUT2D eigenvalue weighted by Gasteiger charge is -2.13. The molecule has 3 rings (SSSR count). The number of thioether (sulfide) groups is 1. The Hall–Kier alpha value is -3.05. The van der Waals surface area contributed by atoms with Crippen molar-refractivity contribution in [3.8, 4) is 28.5 Å². The van der Waals surface area contributed by atoms with Crippen LogP contribution in [-0.4, -0.2) is 16.2 Å². The van der Waals surface area contributed by atoms with Crippen LogP contribution in [-0.2, 0) is 6.18 Å². The number of rotatable bonds is 3. The van der Waals surface area contributed by atoms with E-state index >= 15 is 0 Å². The van der Waals surface area contributed by atoms with Crippen molar-refractivity contribution in [2.24, 2.45) is 0 Å². The van der Waals surface area contributed by atoms with Gasteiger partial charge >= 0.3 is 6.18 Å². The minimum atomic E-state index is -4.48. The number of nitrogens with one attached hydrogen (secondary N) is 1. The molecule has 0 aliphatic carbocycles. The molecule has 0 saturated carbocycles. The molecule has 1 aromatic heterocycles. The summed E-state index contributed by atoms with van der Waals surface area (Å²) >= 11 is 1.19. The summed E-state index contributed by atoms with van der Waals surface area (Å²) in [5, 5.41) is 9.68.